The lowest BCUT2D eigenvalue weighted by Gasteiger charge is -2.22. The Kier molecular flexibility index (Phi) is 2.59. The second kappa shape index (κ2) is 4.24. The van der Waals surface area contributed by atoms with E-state index < -0.39 is 0 Å². The molecule has 17 heavy (non-hydrogen) atoms. The molecule has 3 rings (SSSR count). The van der Waals surface area contributed by atoms with Crippen LogP contribution in [-0.4, -0.2) is 17.6 Å². The van der Waals surface area contributed by atoms with E-state index in [0.29, 0.717) is 19.1 Å². The molecule has 0 spiro atoms. The van der Waals surface area contributed by atoms with E-state index in [-0.39, 0.29) is 6.09 Å². The molecule has 0 N–H and O–H groups in total. The van der Waals surface area contributed by atoms with Crippen molar-refractivity contribution in [2.45, 2.75) is 19.4 Å². The summed E-state index contributed by atoms with van der Waals surface area (Å²) in [5, 5.41) is 0. The smallest absolute Gasteiger partial charge is 0.414 e. The van der Waals surface area contributed by atoms with E-state index in [1.54, 1.807) is 11.1 Å². The van der Waals surface area contributed by atoms with E-state index in [9.17, 15) is 4.79 Å². The van der Waals surface area contributed by atoms with Crippen molar-refractivity contribution in [1.29, 1.82) is 0 Å². The zero-order chi connectivity index (χ0) is 11.7. The molecule has 3 heteroatoms. The molecular weight excluding hydrogens is 214 g/mol. The lowest BCUT2D eigenvalue weighted by atomic mass is 10.1. The van der Waals surface area contributed by atoms with Gasteiger partial charge in [0.15, 0.2) is 0 Å². The van der Waals surface area contributed by atoms with Crippen LogP contribution in [0.5, 0.6) is 0 Å². The number of hydrogen-bond donors (Lipinski definition) is 0. The van der Waals surface area contributed by atoms with Crippen LogP contribution in [0.15, 0.2) is 30.5 Å². The Balaban J connectivity index is 1.64. The third kappa shape index (κ3) is 2.33. The minimum atomic E-state index is -0.234. The Morgan fingerprint density at radius 3 is 3.00 bits per heavy atom. The van der Waals surface area contributed by atoms with Gasteiger partial charge < -0.3 is 4.74 Å². The minimum absolute atomic E-state index is 0.234. The largest absolute Gasteiger partial charge is 0.449 e. The number of carbonyl (C=O) groups excluding carboxylic acids is 1. The van der Waals surface area contributed by atoms with Crippen LogP contribution in [-0.2, 0) is 11.3 Å². The molecule has 0 saturated heterocycles. The molecule has 1 aromatic carbocycles. The predicted molar refractivity (Wildman–Crippen MR) is 65.1 cm³/mol. The van der Waals surface area contributed by atoms with Gasteiger partial charge in [-0.3, -0.25) is 4.90 Å². The van der Waals surface area contributed by atoms with Crippen LogP contribution in [0.3, 0.4) is 0 Å². The summed E-state index contributed by atoms with van der Waals surface area (Å²) in [4.78, 5) is 13.4. The first-order valence-corrected chi connectivity index (χ1v) is 6.02. The fourth-order valence-electron chi connectivity index (χ4n) is 1.93. The van der Waals surface area contributed by atoms with E-state index in [1.807, 2.05) is 24.3 Å². The average Bonchev–Trinajstić information content (AvgIpc) is 3.19. The van der Waals surface area contributed by atoms with Crippen molar-refractivity contribution in [2.75, 3.05) is 6.61 Å². The summed E-state index contributed by atoms with van der Waals surface area (Å²) in [5.41, 5.74) is 2.34. The first kappa shape index (κ1) is 10.4. The summed E-state index contributed by atoms with van der Waals surface area (Å²) in [6.07, 6.45) is 5.93. The number of ether oxygens (including phenoxy) is 1. The summed E-state index contributed by atoms with van der Waals surface area (Å²) in [6.45, 7) is 1.18. The Labute approximate surface area is 101 Å². The molecule has 3 nitrogen and oxygen atoms in total. The fourth-order valence-corrected chi connectivity index (χ4v) is 1.93. The summed E-state index contributed by atoms with van der Waals surface area (Å²) in [7, 11) is 0. The molecule has 2 aliphatic rings. The van der Waals surface area contributed by atoms with Crippen LogP contribution in [0.4, 0.5) is 4.79 Å². The zero-order valence-corrected chi connectivity index (χ0v) is 9.63. The molecule has 0 bridgehead atoms. The minimum Gasteiger partial charge on any atom is -0.449 e. The van der Waals surface area contributed by atoms with E-state index in [0.717, 1.165) is 0 Å². The van der Waals surface area contributed by atoms with Gasteiger partial charge in [0.1, 0.15) is 0 Å². The van der Waals surface area contributed by atoms with Crippen molar-refractivity contribution >= 4 is 12.2 Å². The molecule has 0 atom stereocenters. The highest BCUT2D eigenvalue weighted by Gasteiger charge is 2.25. The van der Waals surface area contributed by atoms with Gasteiger partial charge in [-0.05, 0) is 36.0 Å². The molecule has 88 valence electrons. The number of nitrogens with zero attached hydrogens (tertiary/aromatic N) is 1. The van der Waals surface area contributed by atoms with Crippen LogP contribution in [0.2, 0.25) is 0 Å². The van der Waals surface area contributed by atoms with Crippen molar-refractivity contribution < 1.29 is 9.53 Å². The van der Waals surface area contributed by atoms with E-state index in [1.165, 1.54) is 24.0 Å². The van der Waals surface area contributed by atoms with Crippen LogP contribution < -0.4 is 0 Å². The first-order chi connectivity index (χ1) is 8.33. The fraction of sp³-hybridized carbons (Fsp3) is 0.357. The maximum atomic E-state index is 11.8. The molecule has 0 aromatic heterocycles. The van der Waals surface area contributed by atoms with Crippen LogP contribution in [0.1, 0.15) is 24.0 Å². The van der Waals surface area contributed by atoms with E-state index >= 15 is 0 Å². The Morgan fingerprint density at radius 1 is 1.35 bits per heavy atom. The van der Waals surface area contributed by atoms with Gasteiger partial charge in [-0.25, -0.2) is 4.79 Å². The highest BCUT2D eigenvalue weighted by Crippen LogP contribution is 2.29. The van der Waals surface area contributed by atoms with Crippen molar-refractivity contribution in [1.82, 2.24) is 4.90 Å². The number of carbonyl (C=O) groups is 1. The maximum absolute atomic E-state index is 11.8. The van der Waals surface area contributed by atoms with Gasteiger partial charge in [0, 0.05) is 6.20 Å². The molecule has 1 aliphatic heterocycles. The zero-order valence-electron chi connectivity index (χ0n) is 9.63. The highest BCUT2D eigenvalue weighted by atomic mass is 16.6. The SMILES string of the molecule is O=C(OCC1CC1)N1C=Cc2ccccc2C1. The highest BCUT2D eigenvalue weighted by molar-refractivity contribution is 5.72. The van der Waals surface area contributed by atoms with Gasteiger partial charge in [-0.1, -0.05) is 24.3 Å². The number of benzene rings is 1. The molecule has 1 saturated carbocycles. The third-order valence-corrected chi connectivity index (χ3v) is 3.20. The Morgan fingerprint density at radius 2 is 2.18 bits per heavy atom. The lowest BCUT2D eigenvalue weighted by Crippen LogP contribution is -2.28. The normalized spacial score (nSPS) is 17.8. The van der Waals surface area contributed by atoms with Crippen molar-refractivity contribution in [3.8, 4) is 0 Å². The topological polar surface area (TPSA) is 29.5 Å². The van der Waals surface area contributed by atoms with Crippen molar-refractivity contribution in [2.24, 2.45) is 5.92 Å². The second-order valence-electron chi connectivity index (χ2n) is 4.66. The molecule has 1 amide bonds. The summed E-state index contributed by atoms with van der Waals surface area (Å²) < 4.78 is 5.26. The van der Waals surface area contributed by atoms with Gasteiger partial charge in [-0.2, -0.15) is 0 Å². The monoisotopic (exact) mass is 229 g/mol. The van der Waals surface area contributed by atoms with Gasteiger partial charge in [0.05, 0.1) is 13.2 Å². The predicted octanol–water partition coefficient (Wildman–Crippen LogP) is 3.02. The second-order valence-corrected chi connectivity index (χ2v) is 4.66. The maximum Gasteiger partial charge on any atom is 0.414 e. The molecule has 0 unspecified atom stereocenters. The van der Waals surface area contributed by atoms with Gasteiger partial charge in [-0.15, -0.1) is 0 Å². The van der Waals surface area contributed by atoms with Gasteiger partial charge in [0.25, 0.3) is 0 Å². The van der Waals surface area contributed by atoms with Gasteiger partial charge in [0.2, 0.25) is 0 Å². The summed E-state index contributed by atoms with van der Waals surface area (Å²) in [6, 6.07) is 8.09. The lowest BCUT2D eigenvalue weighted by molar-refractivity contribution is 0.110. The number of rotatable bonds is 2. The molecule has 0 radical (unpaired) electrons. The number of amides is 1. The quantitative estimate of drug-likeness (QED) is 0.780. The molecule has 1 aromatic rings. The van der Waals surface area contributed by atoms with Crippen LogP contribution >= 0.6 is 0 Å². The standard InChI is InChI=1S/C14H15NO2/c16-14(17-10-11-5-6-11)15-8-7-12-3-1-2-4-13(12)9-15/h1-4,7-8,11H,5-6,9-10H2. The Bertz CT molecular complexity index is 463. The Hall–Kier alpha value is -1.77. The molecular formula is C14H15NO2. The summed E-state index contributed by atoms with van der Waals surface area (Å²) in [5.74, 6) is 0.611. The summed E-state index contributed by atoms with van der Waals surface area (Å²) >= 11 is 0. The molecule has 1 aliphatic carbocycles. The molecule has 1 heterocycles. The first-order valence-electron chi connectivity index (χ1n) is 6.02. The van der Waals surface area contributed by atoms with E-state index in [2.05, 4.69) is 6.07 Å². The number of hydrogen-bond acceptors (Lipinski definition) is 2. The van der Waals surface area contributed by atoms with Crippen LogP contribution in [0, 0.1) is 5.92 Å². The third-order valence-electron chi connectivity index (χ3n) is 3.20. The average molecular weight is 229 g/mol. The van der Waals surface area contributed by atoms with Gasteiger partial charge >= 0.3 is 6.09 Å². The van der Waals surface area contributed by atoms with Crippen LogP contribution in [0.25, 0.3) is 6.08 Å². The van der Waals surface area contributed by atoms with Crippen molar-refractivity contribution in [3.05, 3.63) is 41.6 Å². The van der Waals surface area contributed by atoms with E-state index in [4.69, 9.17) is 4.74 Å². The molecule has 1 fully saturated rings. The number of fused-ring (bicyclic) bond motifs is 1. The van der Waals surface area contributed by atoms with Crippen molar-refractivity contribution in [3.63, 3.8) is 0 Å².